The molecule has 1 aromatic rings. The Morgan fingerprint density at radius 3 is 2.23 bits per heavy atom. The van der Waals surface area contributed by atoms with Gasteiger partial charge >= 0.3 is 11.9 Å². The fraction of sp³-hybridized carbons (Fsp3) is 0.727. The molecule has 52 heavy (non-hydrogen) atoms. The topological polar surface area (TPSA) is 110 Å². The number of ketones is 2. The van der Waals surface area contributed by atoms with Crippen molar-refractivity contribution in [2.45, 2.75) is 139 Å². The Morgan fingerprint density at radius 2 is 1.60 bits per heavy atom. The number of carboxylic acids is 1. The van der Waals surface area contributed by atoms with E-state index in [4.69, 9.17) is 16.3 Å². The summed E-state index contributed by atoms with van der Waals surface area (Å²) < 4.78 is 6.15. The minimum Gasteiger partial charge on any atom is -0.481 e. The molecular formula is C44H62ClNO6. The van der Waals surface area contributed by atoms with Gasteiger partial charge in [-0.2, -0.15) is 0 Å². The van der Waals surface area contributed by atoms with Crippen LogP contribution in [0.5, 0.6) is 0 Å². The van der Waals surface area contributed by atoms with Gasteiger partial charge in [-0.15, -0.1) is 0 Å². The number of rotatable bonds is 10. The molecule has 0 aliphatic heterocycles. The zero-order valence-corrected chi connectivity index (χ0v) is 33.8. The third-order valence-electron chi connectivity index (χ3n) is 15.9. The molecule has 0 amide bonds. The number of esters is 1. The number of nitrogens with one attached hydrogen (secondary N) is 1. The monoisotopic (exact) mass is 735 g/mol. The summed E-state index contributed by atoms with van der Waals surface area (Å²) in [5, 5.41) is 13.7. The van der Waals surface area contributed by atoms with Crippen LogP contribution >= 0.6 is 11.6 Å². The van der Waals surface area contributed by atoms with E-state index in [9.17, 15) is 24.3 Å². The van der Waals surface area contributed by atoms with Crippen LogP contribution in [-0.2, 0) is 30.5 Å². The molecule has 7 nitrogen and oxygen atoms in total. The second-order valence-electron chi connectivity index (χ2n) is 19.6. The highest BCUT2D eigenvalue weighted by Crippen LogP contribution is 2.76. The molecule has 8 heteroatoms. The number of aliphatic carboxylic acids is 1. The van der Waals surface area contributed by atoms with E-state index in [1.54, 1.807) is 13.8 Å². The Labute approximate surface area is 316 Å². The first-order chi connectivity index (χ1) is 24.1. The first-order valence-corrected chi connectivity index (χ1v) is 20.2. The smallest absolute Gasteiger partial charge is 0.309 e. The van der Waals surface area contributed by atoms with E-state index >= 15 is 0 Å². The number of carboxylic acid groups (broad SMARTS) is 1. The minimum absolute atomic E-state index is 0.0229. The van der Waals surface area contributed by atoms with Crippen LogP contribution in [0.15, 0.2) is 35.4 Å². The van der Waals surface area contributed by atoms with E-state index in [0.29, 0.717) is 29.8 Å². The Balaban J connectivity index is 1.26. The van der Waals surface area contributed by atoms with Crippen molar-refractivity contribution in [2.75, 3.05) is 6.54 Å². The van der Waals surface area contributed by atoms with Crippen molar-refractivity contribution < 1.29 is 29.0 Å². The molecular weight excluding hydrogens is 674 g/mol. The molecule has 6 rings (SSSR count). The van der Waals surface area contributed by atoms with E-state index in [2.05, 4.69) is 53.8 Å². The first-order valence-electron chi connectivity index (χ1n) is 19.8. The summed E-state index contributed by atoms with van der Waals surface area (Å²) in [5.74, 6) is -0.0169. The lowest BCUT2D eigenvalue weighted by molar-refractivity contribution is -0.233. The van der Waals surface area contributed by atoms with E-state index in [1.165, 1.54) is 5.57 Å². The molecule has 5 aliphatic rings. The molecule has 8 unspecified atom stereocenters. The number of ether oxygens (including phenoxy) is 1. The predicted molar refractivity (Wildman–Crippen MR) is 204 cm³/mol. The van der Waals surface area contributed by atoms with Gasteiger partial charge in [0.2, 0.25) is 0 Å². The van der Waals surface area contributed by atoms with Crippen LogP contribution in [0.25, 0.3) is 0 Å². The van der Waals surface area contributed by atoms with Crippen molar-refractivity contribution in [3.05, 3.63) is 46.0 Å². The zero-order chi connectivity index (χ0) is 38.2. The SMILES string of the molecule is CC(C)C1=C2C3CCC4C5(C)CCC(OC(=O)CC(C)(C)C(=O)O)C(C)(C)C5CCC4(C)C3(C)CCC2(C(=O)CNCc2ccc(Cl)cc2)CC1=O. The van der Waals surface area contributed by atoms with Gasteiger partial charge in [0, 0.05) is 23.4 Å². The molecule has 286 valence electrons. The van der Waals surface area contributed by atoms with Crippen molar-refractivity contribution in [3.8, 4) is 0 Å². The first kappa shape index (κ1) is 39.2. The summed E-state index contributed by atoms with van der Waals surface area (Å²) in [6.07, 6.45) is 7.41. The highest BCUT2D eigenvalue weighted by Gasteiger charge is 2.71. The van der Waals surface area contributed by atoms with E-state index in [1.807, 2.05) is 24.3 Å². The van der Waals surface area contributed by atoms with Gasteiger partial charge < -0.3 is 15.2 Å². The molecule has 5 aliphatic carbocycles. The standard InChI is InChI=1S/C44H62ClNO6/c1-26(2)36-30(47)22-44(33(48)25-46-24-27-10-12-28(45)13-11-27)21-20-42(8)29(37(36)44)14-15-32-41(7)18-17-34(52-35(49)23-39(3,4)38(50)51)40(5,6)31(41)16-19-43(32,42)9/h10-13,26,29,31-32,34,46H,14-25H2,1-9H3,(H,50,51). The van der Waals surface area contributed by atoms with Crippen LogP contribution < -0.4 is 5.32 Å². The van der Waals surface area contributed by atoms with Gasteiger partial charge in [0.1, 0.15) is 6.10 Å². The van der Waals surface area contributed by atoms with Crippen LogP contribution in [0, 0.1) is 56.2 Å². The Hall–Kier alpha value is -2.51. The van der Waals surface area contributed by atoms with Crippen LogP contribution in [0.2, 0.25) is 5.02 Å². The largest absolute Gasteiger partial charge is 0.481 e. The van der Waals surface area contributed by atoms with Gasteiger partial charge in [-0.25, -0.2) is 0 Å². The molecule has 0 spiro atoms. The highest BCUT2D eigenvalue weighted by atomic mass is 35.5. The average Bonchev–Trinajstić information content (AvgIpc) is 3.36. The second-order valence-corrected chi connectivity index (χ2v) is 20.1. The summed E-state index contributed by atoms with van der Waals surface area (Å²) in [6.45, 7) is 20.3. The number of carbonyl (C=O) groups excluding carboxylic acids is 3. The summed E-state index contributed by atoms with van der Waals surface area (Å²) in [4.78, 5) is 53.3. The number of Topliss-reactive ketones (excluding diaryl/α,β-unsaturated/α-hetero) is 2. The van der Waals surface area contributed by atoms with Crippen molar-refractivity contribution in [1.29, 1.82) is 0 Å². The van der Waals surface area contributed by atoms with E-state index in [-0.39, 0.29) is 64.1 Å². The maximum absolute atomic E-state index is 14.5. The Bertz CT molecular complexity index is 1660. The summed E-state index contributed by atoms with van der Waals surface area (Å²) in [6, 6.07) is 7.68. The molecule has 8 atom stereocenters. The van der Waals surface area contributed by atoms with E-state index in [0.717, 1.165) is 62.5 Å². The third-order valence-corrected chi connectivity index (χ3v) is 16.1. The number of halogens is 1. The van der Waals surface area contributed by atoms with Gasteiger partial charge in [-0.05, 0) is 134 Å². The molecule has 4 fully saturated rings. The van der Waals surface area contributed by atoms with Crippen molar-refractivity contribution >= 4 is 35.1 Å². The minimum atomic E-state index is -1.17. The quantitative estimate of drug-likeness (QED) is 0.231. The molecule has 1 aromatic carbocycles. The van der Waals surface area contributed by atoms with Crippen molar-refractivity contribution in [1.82, 2.24) is 5.32 Å². The number of fused-ring (bicyclic) bond motifs is 7. The van der Waals surface area contributed by atoms with Crippen LogP contribution in [0.1, 0.15) is 132 Å². The number of hydrogen-bond acceptors (Lipinski definition) is 6. The summed E-state index contributed by atoms with van der Waals surface area (Å²) in [7, 11) is 0. The lowest BCUT2D eigenvalue weighted by Gasteiger charge is -2.72. The van der Waals surface area contributed by atoms with Crippen LogP contribution in [0.3, 0.4) is 0 Å². The summed E-state index contributed by atoms with van der Waals surface area (Å²) >= 11 is 6.09. The Kier molecular flexibility index (Phi) is 10.1. The molecule has 0 aromatic heterocycles. The normalized spacial score (nSPS) is 36.8. The van der Waals surface area contributed by atoms with E-state index < -0.39 is 22.8 Å². The fourth-order valence-electron chi connectivity index (χ4n) is 12.9. The molecule has 0 heterocycles. The molecule has 2 N–H and O–H groups in total. The van der Waals surface area contributed by atoms with Crippen LogP contribution in [-0.4, -0.2) is 41.3 Å². The maximum atomic E-state index is 14.5. The predicted octanol–water partition coefficient (Wildman–Crippen LogP) is 9.39. The number of benzene rings is 1. The van der Waals surface area contributed by atoms with Gasteiger partial charge in [-0.1, -0.05) is 72.2 Å². The lowest BCUT2D eigenvalue weighted by Crippen LogP contribution is -2.66. The molecule has 0 radical (unpaired) electrons. The van der Waals surface area contributed by atoms with Gasteiger partial charge in [-0.3, -0.25) is 19.2 Å². The van der Waals surface area contributed by atoms with Gasteiger partial charge in [0.15, 0.2) is 11.6 Å². The Morgan fingerprint density at radius 1 is 0.923 bits per heavy atom. The molecule has 0 bridgehead atoms. The average molecular weight is 736 g/mol. The third kappa shape index (κ3) is 6.03. The molecule has 4 saturated carbocycles. The number of hydrogen-bond donors (Lipinski definition) is 2. The number of allylic oxidation sites excluding steroid dienone is 2. The second kappa shape index (κ2) is 13.4. The van der Waals surface area contributed by atoms with Gasteiger partial charge in [0.05, 0.1) is 23.8 Å². The van der Waals surface area contributed by atoms with Crippen molar-refractivity contribution in [2.24, 2.45) is 56.2 Å². The van der Waals surface area contributed by atoms with Gasteiger partial charge in [0.25, 0.3) is 0 Å². The lowest BCUT2D eigenvalue weighted by atomic mass is 9.33. The number of carbonyl (C=O) groups is 4. The zero-order valence-electron chi connectivity index (χ0n) is 33.0. The fourth-order valence-corrected chi connectivity index (χ4v) is 13.0. The summed E-state index contributed by atoms with van der Waals surface area (Å²) in [5.41, 5.74) is 1.05. The highest BCUT2D eigenvalue weighted by molar-refractivity contribution is 6.30. The molecule has 0 saturated heterocycles. The van der Waals surface area contributed by atoms with Crippen molar-refractivity contribution in [3.63, 3.8) is 0 Å². The maximum Gasteiger partial charge on any atom is 0.309 e. The van der Waals surface area contributed by atoms with Crippen LogP contribution in [0.4, 0.5) is 0 Å².